The minimum Gasteiger partial charge on any atom is -0.368 e. The number of anilines is 2. The van der Waals surface area contributed by atoms with Crippen molar-refractivity contribution in [2.24, 2.45) is 0 Å². The molecule has 2 heterocycles. The third-order valence-electron chi connectivity index (χ3n) is 5.14. The zero-order valence-electron chi connectivity index (χ0n) is 17.5. The van der Waals surface area contributed by atoms with Gasteiger partial charge in [-0.3, -0.25) is 0 Å². The first-order valence-corrected chi connectivity index (χ1v) is 11.8. The molecular formula is C24H27ClN4S. The maximum Gasteiger partial charge on any atom is 0.161 e. The van der Waals surface area contributed by atoms with E-state index in [4.69, 9.17) is 21.6 Å². The highest BCUT2D eigenvalue weighted by atomic mass is 35.5. The van der Waals surface area contributed by atoms with E-state index in [0.717, 1.165) is 59.9 Å². The molecule has 6 heteroatoms. The molecule has 0 N–H and O–H groups in total. The van der Waals surface area contributed by atoms with Crippen molar-refractivity contribution in [1.29, 1.82) is 0 Å². The van der Waals surface area contributed by atoms with Gasteiger partial charge in [0, 0.05) is 54.3 Å². The maximum atomic E-state index is 6.18. The van der Waals surface area contributed by atoms with E-state index in [1.807, 2.05) is 48.2 Å². The van der Waals surface area contributed by atoms with E-state index in [0.29, 0.717) is 5.25 Å². The quantitative estimate of drug-likeness (QED) is 0.488. The van der Waals surface area contributed by atoms with Crippen molar-refractivity contribution >= 4 is 34.9 Å². The predicted octanol–water partition coefficient (Wildman–Crippen LogP) is 5.77. The minimum atomic E-state index is 0.574. The predicted molar refractivity (Wildman–Crippen MR) is 130 cm³/mol. The monoisotopic (exact) mass is 438 g/mol. The van der Waals surface area contributed by atoms with Crippen LogP contribution in [0.2, 0.25) is 5.02 Å². The van der Waals surface area contributed by atoms with E-state index < -0.39 is 0 Å². The molecule has 2 aromatic carbocycles. The topological polar surface area (TPSA) is 32.3 Å². The average Bonchev–Trinajstić information content (AvgIpc) is 2.78. The van der Waals surface area contributed by atoms with E-state index in [1.165, 1.54) is 5.69 Å². The van der Waals surface area contributed by atoms with E-state index in [9.17, 15) is 0 Å². The fourth-order valence-electron chi connectivity index (χ4n) is 3.55. The van der Waals surface area contributed by atoms with Gasteiger partial charge in [-0.15, -0.1) is 0 Å². The summed E-state index contributed by atoms with van der Waals surface area (Å²) >= 11 is 8.09. The highest BCUT2D eigenvalue weighted by molar-refractivity contribution is 7.99. The van der Waals surface area contributed by atoms with E-state index in [-0.39, 0.29) is 0 Å². The van der Waals surface area contributed by atoms with Crippen LogP contribution in [-0.2, 0) is 5.75 Å². The fraction of sp³-hybridized carbons (Fsp3) is 0.333. The molecule has 156 valence electrons. The Morgan fingerprint density at radius 1 is 0.900 bits per heavy atom. The second-order valence-electron chi connectivity index (χ2n) is 7.72. The molecule has 0 saturated carbocycles. The molecule has 4 nitrogen and oxygen atoms in total. The Morgan fingerprint density at radius 3 is 2.33 bits per heavy atom. The smallest absolute Gasteiger partial charge is 0.161 e. The molecule has 1 aromatic heterocycles. The number of halogens is 1. The Kier molecular flexibility index (Phi) is 6.80. The van der Waals surface area contributed by atoms with Crippen LogP contribution in [0.4, 0.5) is 11.5 Å². The molecule has 0 bridgehead atoms. The number of hydrogen-bond acceptors (Lipinski definition) is 5. The number of thioether (sulfide) groups is 1. The highest BCUT2D eigenvalue weighted by Crippen LogP contribution is 2.26. The molecule has 0 aliphatic carbocycles. The summed E-state index contributed by atoms with van der Waals surface area (Å²) in [7, 11) is 0. The number of aromatic nitrogens is 2. The van der Waals surface area contributed by atoms with Crippen LogP contribution >= 0.6 is 23.4 Å². The highest BCUT2D eigenvalue weighted by Gasteiger charge is 2.20. The second kappa shape index (κ2) is 9.71. The van der Waals surface area contributed by atoms with Crippen LogP contribution in [0, 0.1) is 0 Å². The Labute approximate surface area is 188 Å². The van der Waals surface area contributed by atoms with Crippen LogP contribution in [0.15, 0.2) is 60.7 Å². The Hall–Kier alpha value is -2.24. The van der Waals surface area contributed by atoms with Crippen molar-refractivity contribution in [3.8, 4) is 11.4 Å². The lowest BCUT2D eigenvalue weighted by molar-refractivity contribution is 0.646. The van der Waals surface area contributed by atoms with Crippen LogP contribution in [0.5, 0.6) is 0 Å². The summed E-state index contributed by atoms with van der Waals surface area (Å²) < 4.78 is 0. The number of nitrogens with zero attached hydrogens (tertiary/aromatic N) is 4. The number of hydrogen-bond donors (Lipinski definition) is 0. The lowest BCUT2D eigenvalue weighted by Crippen LogP contribution is -2.47. The third-order valence-corrected chi connectivity index (χ3v) is 6.50. The Morgan fingerprint density at radius 2 is 1.63 bits per heavy atom. The summed E-state index contributed by atoms with van der Waals surface area (Å²) in [5.41, 5.74) is 3.34. The summed E-state index contributed by atoms with van der Waals surface area (Å²) in [6.45, 7) is 8.19. The van der Waals surface area contributed by atoms with Gasteiger partial charge >= 0.3 is 0 Å². The van der Waals surface area contributed by atoms with Crippen LogP contribution in [0.1, 0.15) is 19.5 Å². The van der Waals surface area contributed by atoms with Gasteiger partial charge in [0.05, 0.1) is 5.69 Å². The minimum absolute atomic E-state index is 0.574. The molecule has 0 radical (unpaired) electrons. The summed E-state index contributed by atoms with van der Waals surface area (Å²) in [4.78, 5) is 14.6. The van der Waals surface area contributed by atoms with Gasteiger partial charge in [-0.25, -0.2) is 9.97 Å². The average molecular weight is 439 g/mol. The molecule has 1 saturated heterocycles. The van der Waals surface area contributed by atoms with Crippen molar-refractivity contribution in [3.05, 3.63) is 71.4 Å². The molecule has 1 fully saturated rings. The van der Waals surface area contributed by atoms with Crippen molar-refractivity contribution in [1.82, 2.24) is 9.97 Å². The maximum absolute atomic E-state index is 6.18. The van der Waals surface area contributed by atoms with Crippen LogP contribution in [0.25, 0.3) is 11.4 Å². The van der Waals surface area contributed by atoms with Gasteiger partial charge < -0.3 is 9.80 Å². The van der Waals surface area contributed by atoms with Gasteiger partial charge in [0.15, 0.2) is 5.82 Å². The van der Waals surface area contributed by atoms with E-state index in [2.05, 4.69) is 47.9 Å². The lowest BCUT2D eigenvalue weighted by atomic mass is 10.2. The normalized spacial score (nSPS) is 14.4. The van der Waals surface area contributed by atoms with Gasteiger partial charge in [-0.05, 0) is 23.4 Å². The summed E-state index contributed by atoms with van der Waals surface area (Å²) in [6.07, 6.45) is 0. The van der Waals surface area contributed by atoms with Crippen molar-refractivity contribution in [3.63, 3.8) is 0 Å². The summed E-state index contributed by atoms with van der Waals surface area (Å²) in [5.74, 6) is 2.73. The molecule has 3 aromatic rings. The van der Waals surface area contributed by atoms with Gasteiger partial charge in [-0.2, -0.15) is 11.8 Å². The molecule has 1 aliphatic heterocycles. The lowest BCUT2D eigenvalue weighted by Gasteiger charge is -2.37. The molecule has 0 amide bonds. The summed E-state index contributed by atoms with van der Waals surface area (Å²) in [5, 5.41) is 1.36. The second-order valence-corrected chi connectivity index (χ2v) is 9.72. The first kappa shape index (κ1) is 21.0. The SMILES string of the molecule is CC(C)SCc1cc(N2CCN(c3cccc(Cl)c3)CC2)nc(-c2ccccc2)n1. The third kappa shape index (κ3) is 5.27. The first-order valence-electron chi connectivity index (χ1n) is 10.4. The van der Waals surface area contributed by atoms with Gasteiger partial charge in [0.2, 0.25) is 0 Å². The molecule has 0 atom stereocenters. The van der Waals surface area contributed by atoms with Crippen molar-refractivity contribution in [2.45, 2.75) is 24.9 Å². The van der Waals surface area contributed by atoms with Crippen LogP contribution < -0.4 is 9.80 Å². The zero-order valence-corrected chi connectivity index (χ0v) is 19.0. The van der Waals surface area contributed by atoms with Crippen molar-refractivity contribution in [2.75, 3.05) is 36.0 Å². The molecule has 0 spiro atoms. The zero-order chi connectivity index (χ0) is 20.9. The number of rotatable bonds is 6. The standard InChI is InChI=1S/C24H27ClN4S/c1-18(2)30-17-21-16-23(27-24(26-21)19-7-4-3-5-8-19)29-13-11-28(12-14-29)22-10-6-9-20(25)15-22/h3-10,15-16,18H,11-14,17H2,1-2H3. The molecule has 1 aliphatic rings. The fourth-order valence-corrected chi connectivity index (χ4v) is 4.39. The molecular weight excluding hydrogens is 412 g/mol. The Balaban J connectivity index is 1.55. The number of piperazine rings is 1. The first-order chi connectivity index (χ1) is 14.6. The largest absolute Gasteiger partial charge is 0.368 e. The summed E-state index contributed by atoms with van der Waals surface area (Å²) in [6, 6.07) is 20.5. The van der Waals surface area contributed by atoms with Gasteiger partial charge in [-0.1, -0.05) is 61.8 Å². The van der Waals surface area contributed by atoms with Crippen LogP contribution in [0.3, 0.4) is 0 Å². The molecule has 0 unspecified atom stereocenters. The van der Waals surface area contributed by atoms with Crippen LogP contribution in [-0.4, -0.2) is 41.4 Å². The van der Waals surface area contributed by atoms with E-state index in [1.54, 1.807) is 0 Å². The van der Waals surface area contributed by atoms with Gasteiger partial charge in [0.25, 0.3) is 0 Å². The molecule has 30 heavy (non-hydrogen) atoms. The van der Waals surface area contributed by atoms with Gasteiger partial charge in [0.1, 0.15) is 5.82 Å². The number of benzene rings is 2. The van der Waals surface area contributed by atoms with E-state index >= 15 is 0 Å². The Bertz CT molecular complexity index is 972. The van der Waals surface area contributed by atoms with Crippen molar-refractivity contribution < 1.29 is 0 Å². The molecule has 4 rings (SSSR count).